The number of carboxylic acids is 1. The number of oxazole rings is 1. The van der Waals surface area contributed by atoms with E-state index in [2.05, 4.69) is 35.4 Å². The van der Waals surface area contributed by atoms with E-state index in [-0.39, 0.29) is 92.1 Å². The summed E-state index contributed by atoms with van der Waals surface area (Å²) < 4.78 is 40.9. The predicted octanol–water partition coefficient (Wildman–Crippen LogP) is 1.17. The van der Waals surface area contributed by atoms with Gasteiger partial charge in [-0.1, -0.05) is 25.9 Å². The van der Waals surface area contributed by atoms with Crippen LogP contribution in [0.25, 0.3) is 28.1 Å². The van der Waals surface area contributed by atoms with Gasteiger partial charge < -0.3 is 14.1 Å². The molecule has 0 aliphatic heterocycles. The molecule has 0 aliphatic rings. The molecule has 0 atom stereocenters. The van der Waals surface area contributed by atoms with Crippen LogP contribution >= 0.6 is 0 Å². The Bertz CT molecular complexity index is 1890. The number of aromatic carboxylic acids is 1. The van der Waals surface area contributed by atoms with Crippen molar-refractivity contribution in [2.24, 2.45) is 10.2 Å². The second-order valence-corrected chi connectivity index (χ2v) is 10.9. The predicted molar refractivity (Wildman–Crippen MR) is 132 cm³/mol. The first-order valence-corrected chi connectivity index (χ1v) is 12.7. The van der Waals surface area contributed by atoms with E-state index in [4.69, 9.17) is 9.67 Å². The van der Waals surface area contributed by atoms with Gasteiger partial charge in [-0.2, -0.15) is 4.98 Å². The van der Waals surface area contributed by atoms with E-state index in [1.807, 2.05) is 20.8 Å². The molecule has 0 spiro atoms. The number of carbonyl (C=O) groups is 1. The van der Waals surface area contributed by atoms with Crippen molar-refractivity contribution in [2.75, 3.05) is 0 Å². The van der Waals surface area contributed by atoms with Crippen LogP contribution in [-0.2, 0) is 27.0 Å². The van der Waals surface area contributed by atoms with Crippen molar-refractivity contribution < 1.29 is 88.8 Å². The average Bonchev–Trinajstić information content (AvgIpc) is 3.54. The Labute approximate surface area is 268 Å². The SMILES string of the molecule is CC(C)(C)c1[nH]n2c(-c3cc(COO)cc(C(=O)O)c3)nnc2c1N=Nc1nc2ccc(S(=O)(=O)[O-])cc2o1.[K+]. The Morgan fingerprint density at radius 2 is 1.93 bits per heavy atom. The van der Waals surface area contributed by atoms with Gasteiger partial charge in [-0.3, -0.25) is 10.4 Å². The standard InChI is InChI=1S/C23H21N7O8S.K/c1-23(2,3)18-17(25-28-22-24-15-5-4-14(39(34,35)36)9-16(15)38-22)20-27-26-19(30(20)29-18)12-6-11(10-37-33)7-13(8-12)21(31)32;/h4-9,29,33H,10H2,1-3H3,(H,31,32)(H,34,35,36);/q;+1/p-1. The topological polar surface area (TPSA) is 221 Å². The first-order valence-electron chi connectivity index (χ1n) is 11.2. The van der Waals surface area contributed by atoms with Gasteiger partial charge in [0.15, 0.2) is 17.1 Å². The first-order chi connectivity index (χ1) is 18.3. The third kappa shape index (κ3) is 5.92. The van der Waals surface area contributed by atoms with E-state index in [0.29, 0.717) is 22.5 Å². The summed E-state index contributed by atoms with van der Waals surface area (Å²) in [5.74, 6) is -0.904. The fraction of sp³-hybridized carbons (Fsp3) is 0.217. The molecule has 0 saturated carbocycles. The number of benzene rings is 2. The summed E-state index contributed by atoms with van der Waals surface area (Å²) in [4.78, 5) is 19.5. The fourth-order valence-corrected chi connectivity index (χ4v) is 4.40. The number of nitrogens with one attached hydrogen (secondary N) is 1. The number of azo groups is 1. The Balaban J connectivity index is 0.00000370. The summed E-state index contributed by atoms with van der Waals surface area (Å²) in [5, 5.41) is 38.3. The van der Waals surface area contributed by atoms with Gasteiger partial charge >= 0.3 is 63.4 Å². The number of nitrogens with zero attached hydrogens (tertiary/aromatic N) is 6. The maximum atomic E-state index is 11.6. The van der Waals surface area contributed by atoms with Gasteiger partial charge in [0.25, 0.3) is 0 Å². The molecule has 3 heterocycles. The molecule has 0 radical (unpaired) electrons. The van der Waals surface area contributed by atoms with Crippen LogP contribution in [0.15, 0.2) is 55.9 Å². The number of hydrogen-bond donors (Lipinski definition) is 3. The first kappa shape index (κ1) is 30.1. The van der Waals surface area contributed by atoms with Crippen LogP contribution in [0.2, 0.25) is 0 Å². The van der Waals surface area contributed by atoms with Gasteiger partial charge in [0.05, 0.1) is 16.2 Å². The summed E-state index contributed by atoms with van der Waals surface area (Å²) in [6.45, 7) is 5.55. The smallest absolute Gasteiger partial charge is 0.744 e. The second-order valence-electron chi connectivity index (χ2n) is 9.55. The number of H-pyrrole nitrogens is 1. The molecular weight excluding hydrogens is 573 g/mol. The molecule has 3 aromatic heterocycles. The molecule has 2 aromatic carbocycles. The maximum absolute atomic E-state index is 11.6. The van der Waals surface area contributed by atoms with Gasteiger partial charge in [0.2, 0.25) is 5.65 Å². The summed E-state index contributed by atoms with van der Waals surface area (Å²) in [5.41, 5.74) is 1.78. The van der Waals surface area contributed by atoms with Gasteiger partial charge in [-0.05, 0) is 35.9 Å². The molecule has 0 saturated heterocycles. The summed E-state index contributed by atoms with van der Waals surface area (Å²) in [7, 11) is -4.68. The molecule has 40 heavy (non-hydrogen) atoms. The van der Waals surface area contributed by atoms with Crippen molar-refractivity contribution in [3.05, 3.63) is 53.2 Å². The van der Waals surface area contributed by atoms with Crippen LogP contribution < -0.4 is 51.4 Å². The molecule has 0 fully saturated rings. The summed E-state index contributed by atoms with van der Waals surface area (Å²) in [6, 6.07) is 7.70. The van der Waals surface area contributed by atoms with Crippen LogP contribution in [0.3, 0.4) is 0 Å². The number of aromatic nitrogens is 5. The van der Waals surface area contributed by atoms with E-state index in [1.54, 1.807) is 6.07 Å². The van der Waals surface area contributed by atoms with E-state index >= 15 is 0 Å². The molecule has 0 bridgehead atoms. The molecule has 17 heteroatoms. The van der Waals surface area contributed by atoms with Crippen LogP contribution in [-0.4, -0.2) is 54.1 Å². The van der Waals surface area contributed by atoms with Crippen LogP contribution in [0.1, 0.15) is 42.4 Å². The number of carboxylic acid groups (broad SMARTS) is 1. The molecule has 0 aliphatic carbocycles. The number of rotatable bonds is 7. The van der Waals surface area contributed by atoms with Crippen LogP contribution in [0.5, 0.6) is 0 Å². The molecule has 202 valence electrons. The van der Waals surface area contributed by atoms with Crippen LogP contribution in [0.4, 0.5) is 11.7 Å². The van der Waals surface area contributed by atoms with E-state index in [1.165, 1.54) is 22.7 Å². The van der Waals surface area contributed by atoms with E-state index in [9.17, 15) is 22.9 Å². The Kier molecular flexibility index (Phi) is 8.42. The molecule has 5 aromatic rings. The van der Waals surface area contributed by atoms with Gasteiger partial charge in [0.1, 0.15) is 22.2 Å². The zero-order valence-electron chi connectivity index (χ0n) is 21.6. The number of fused-ring (bicyclic) bond motifs is 2. The van der Waals surface area contributed by atoms with Crippen molar-refractivity contribution in [3.8, 4) is 11.4 Å². The zero-order chi connectivity index (χ0) is 28.1. The molecule has 3 N–H and O–H groups in total. The Morgan fingerprint density at radius 3 is 2.58 bits per heavy atom. The molecule has 5 rings (SSSR count). The monoisotopic (exact) mass is 593 g/mol. The minimum atomic E-state index is -4.68. The number of hydrogen-bond acceptors (Lipinski definition) is 12. The van der Waals surface area contributed by atoms with Crippen LogP contribution in [0, 0.1) is 0 Å². The minimum absolute atomic E-state index is 0. The Hall–Kier alpha value is -2.87. The fourth-order valence-electron chi connectivity index (χ4n) is 3.91. The van der Waals surface area contributed by atoms with Crippen molar-refractivity contribution in [3.63, 3.8) is 0 Å². The third-order valence-electron chi connectivity index (χ3n) is 5.69. The average molecular weight is 594 g/mol. The molecule has 15 nitrogen and oxygen atoms in total. The third-order valence-corrected chi connectivity index (χ3v) is 6.52. The minimum Gasteiger partial charge on any atom is -0.744 e. The maximum Gasteiger partial charge on any atom is 1.00 e. The largest absolute Gasteiger partial charge is 1.00 e. The van der Waals surface area contributed by atoms with E-state index < -0.39 is 26.4 Å². The van der Waals surface area contributed by atoms with Crippen molar-refractivity contribution in [1.82, 2.24) is 24.8 Å². The van der Waals surface area contributed by atoms with Crippen molar-refractivity contribution >= 4 is 44.5 Å². The molecule has 0 unspecified atom stereocenters. The molecule has 0 amide bonds. The Morgan fingerprint density at radius 1 is 1.18 bits per heavy atom. The van der Waals surface area contributed by atoms with Gasteiger partial charge in [0, 0.05) is 17.0 Å². The zero-order valence-corrected chi connectivity index (χ0v) is 25.5. The molecular formula is C23H20KN7O8S. The second kappa shape index (κ2) is 11.2. The van der Waals surface area contributed by atoms with E-state index in [0.717, 1.165) is 12.1 Å². The van der Waals surface area contributed by atoms with Crippen molar-refractivity contribution in [2.45, 2.75) is 37.7 Å². The normalized spacial score (nSPS) is 12.4. The summed E-state index contributed by atoms with van der Waals surface area (Å²) in [6.07, 6.45) is 0. The quantitative estimate of drug-likeness (QED) is 0.0799. The summed E-state index contributed by atoms with van der Waals surface area (Å²) >= 11 is 0. The van der Waals surface area contributed by atoms with Gasteiger partial charge in [-0.25, -0.2) is 22.6 Å². The van der Waals surface area contributed by atoms with Crippen molar-refractivity contribution in [1.29, 1.82) is 0 Å². The number of aromatic amines is 1. The van der Waals surface area contributed by atoms with Gasteiger partial charge in [-0.15, -0.1) is 15.3 Å².